The molecule has 0 saturated carbocycles. The highest BCUT2D eigenvalue weighted by atomic mass is 35.5. The van der Waals surface area contributed by atoms with E-state index < -0.39 is 14.2 Å². The molecule has 2 aliphatic rings. The molecule has 2 N–H and O–H groups in total. The number of aryl methyl sites for hydroxylation is 2. The molecule has 5 heterocycles. The van der Waals surface area contributed by atoms with Crippen molar-refractivity contribution in [3.05, 3.63) is 29.0 Å². The first-order valence-corrected chi connectivity index (χ1v) is 18.3. The van der Waals surface area contributed by atoms with Crippen molar-refractivity contribution in [3.8, 4) is 11.3 Å². The highest BCUT2D eigenvalue weighted by Crippen LogP contribution is 2.41. The van der Waals surface area contributed by atoms with Crippen LogP contribution in [0.2, 0.25) is 30.7 Å². The molecule has 1 unspecified atom stereocenters. The van der Waals surface area contributed by atoms with Crippen molar-refractivity contribution < 1.29 is 14.6 Å². The molecule has 1 amide bonds. The molecule has 4 aromatic rings. The van der Waals surface area contributed by atoms with Crippen LogP contribution in [0.5, 0.6) is 0 Å². The van der Waals surface area contributed by atoms with E-state index in [-0.39, 0.29) is 24.9 Å². The third kappa shape index (κ3) is 5.40. The smallest absolute Gasteiger partial charge is 0.404 e. The van der Waals surface area contributed by atoms with Crippen molar-refractivity contribution in [3.63, 3.8) is 0 Å². The quantitative estimate of drug-likeness (QED) is 0.204. The Morgan fingerprint density at radius 3 is 2.59 bits per heavy atom. The summed E-state index contributed by atoms with van der Waals surface area (Å²) in [6.45, 7) is 9.91. The Hall–Kier alpha value is -3.22. The molecular weight excluding hydrogens is 560 g/mol. The van der Waals surface area contributed by atoms with Crippen LogP contribution < -0.4 is 10.2 Å². The first-order valence-electron chi connectivity index (χ1n) is 14.2. The number of carbonyl (C=O) groups is 1. The second-order valence-electron chi connectivity index (χ2n) is 12.6. The number of aromatic nitrogens is 6. The van der Waals surface area contributed by atoms with E-state index in [9.17, 15) is 9.90 Å². The molecular formula is C28H37ClN8O3Si. The van der Waals surface area contributed by atoms with Crippen molar-refractivity contribution in [2.75, 3.05) is 11.5 Å². The average Bonchev–Trinajstić information content (AvgIpc) is 3.52. The molecule has 3 atom stereocenters. The number of fused-ring (bicyclic) bond motifs is 4. The lowest BCUT2D eigenvalue weighted by Crippen LogP contribution is -2.50. The van der Waals surface area contributed by atoms with Gasteiger partial charge in [-0.05, 0) is 50.8 Å². The average molecular weight is 597 g/mol. The fourth-order valence-electron chi connectivity index (χ4n) is 6.28. The number of hydrogen-bond donors (Lipinski definition) is 2. The number of benzene rings is 1. The number of ether oxygens (including phenoxy) is 1. The lowest BCUT2D eigenvalue weighted by molar-refractivity contribution is 0.0814. The number of carboxylic acid groups (broad SMARTS) is 1. The standard InChI is InChI=1S/C28H37ClN8O3Si/c1-16-26(37-18-6-7-19(37)13-17(12-18)31-28(38)39)32-27-25(30-16)24(34-36(27)15-40-10-11-41(3,4)5)20-8-9-22-21(23(20)29)14-35(2)33-22/h8-9,14,17-19,31H,6-7,10-13,15H2,1-5H3,(H,38,39)/t17?,18-,19+. The van der Waals surface area contributed by atoms with Gasteiger partial charge in [-0.2, -0.15) is 10.2 Å². The second kappa shape index (κ2) is 10.6. The van der Waals surface area contributed by atoms with Gasteiger partial charge in [0.15, 0.2) is 11.5 Å². The van der Waals surface area contributed by atoms with E-state index in [4.69, 9.17) is 31.4 Å². The zero-order valence-electron chi connectivity index (χ0n) is 24.2. The molecule has 3 aromatic heterocycles. The van der Waals surface area contributed by atoms with Gasteiger partial charge in [0.05, 0.1) is 16.2 Å². The van der Waals surface area contributed by atoms with Gasteiger partial charge in [0.2, 0.25) is 0 Å². The number of nitrogens with zero attached hydrogens (tertiary/aromatic N) is 7. The fraction of sp³-hybridized carbons (Fsp3) is 0.536. The van der Waals surface area contributed by atoms with Crippen LogP contribution in [0.4, 0.5) is 10.6 Å². The maximum absolute atomic E-state index is 11.3. The second-order valence-corrected chi connectivity index (χ2v) is 18.6. The maximum atomic E-state index is 11.3. The fourth-order valence-corrected chi connectivity index (χ4v) is 7.33. The first kappa shape index (κ1) is 27.9. The van der Waals surface area contributed by atoms with Crippen LogP contribution in [-0.2, 0) is 18.5 Å². The summed E-state index contributed by atoms with van der Waals surface area (Å²) in [7, 11) is 0.629. The summed E-state index contributed by atoms with van der Waals surface area (Å²) in [4.78, 5) is 23.9. The number of nitrogens with one attached hydrogen (secondary N) is 1. The third-order valence-electron chi connectivity index (χ3n) is 8.22. The molecule has 2 saturated heterocycles. The van der Waals surface area contributed by atoms with Crippen LogP contribution in [0.3, 0.4) is 0 Å². The highest BCUT2D eigenvalue weighted by Gasteiger charge is 2.43. The molecule has 1 aromatic carbocycles. The van der Waals surface area contributed by atoms with Crippen LogP contribution >= 0.6 is 11.6 Å². The number of anilines is 1. The molecule has 13 heteroatoms. The van der Waals surface area contributed by atoms with E-state index in [0.717, 1.165) is 59.7 Å². The number of rotatable bonds is 8. The maximum Gasteiger partial charge on any atom is 0.404 e. The summed E-state index contributed by atoms with van der Waals surface area (Å²) in [5.41, 5.74) is 4.42. The van der Waals surface area contributed by atoms with E-state index in [0.29, 0.717) is 28.5 Å². The minimum atomic E-state index is -1.25. The van der Waals surface area contributed by atoms with Crippen LogP contribution in [0.25, 0.3) is 33.3 Å². The Balaban J connectivity index is 1.41. The van der Waals surface area contributed by atoms with E-state index in [1.807, 2.05) is 32.3 Å². The van der Waals surface area contributed by atoms with Gasteiger partial charge in [-0.1, -0.05) is 31.2 Å². The van der Waals surface area contributed by atoms with Crippen molar-refractivity contribution in [2.45, 2.75) is 83.1 Å². The van der Waals surface area contributed by atoms with E-state index in [1.165, 1.54) is 0 Å². The Morgan fingerprint density at radius 1 is 1.17 bits per heavy atom. The van der Waals surface area contributed by atoms with E-state index in [1.54, 1.807) is 9.36 Å². The van der Waals surface area contributed by atoms with Crippen LogP contribution in [0.15, 0.2) is 18.3 Å². The third-order valence-corrected chi connectivity index (χ3v) is 10.3. The van der Waals surface area contributed by atoms with Crippen molar-refractivity contribution >= 4 is 53.7 Å². The topological polar surface area (TPSA) is 123 Å². The molecule has 41 heavy (non-hydrogen) atoms. The van der Waals surface area contributed by atoms with Crippen molar-refractivity contribution in [1.29, 1.82) is 0 Å². The normalized spacial score (nSPS) is 20.8. The zero-order chi connectivity index (χ0) is 29.1. The van der Waals surface area contributed by atoms with Crippen LogP contribution in [0, 0.1) is 6.92 Å². The largest absolute Gasteiger partial charge is 0.465 e. The van der Waals surface area contributed by atoms with Crippen molar-refractivity contribution in [1.82, 2.24) is 34.8 Å². The Bertz CT molecular complexity index is 1620. The molecule has 11 nitrogen and oxygen atoms in total. The monoisotopic (exact) mass is 596 g/mol. The minimum absolute atomic E-state index is 0.0420. The van der Waals surface area contributed by atoms with Crippen molar-refractivity contribution in [2.24, 2.45) is 7.05 Å². The van der Waals surface area contributed by atoms with Gasteiger partial charge >= 0.3 is 6.09 Å². The van der Waals surface area contributed by atoms with Gasteiger partial charge < -0.3 is 20.1 Å². The van der Waals surface area contributed by atoms with Gasteiger partial charge in [-0.25, -0.2) is 19.4 Å². The van der Waals surface area contributed by atoms with Gasteiger partial charge in [0.25, 0.3) is 0 Å². The molecule has 0 radical (unpaired) electrons. The summed E-state index contributed by atoms with van der Waals surface area (Å²) in [5, 5.41) is 22.8. The predicted octanol–water partition coefficient (Wildman–Crippen LogP) is 5.42. The lowest BCUT2D eigenvalue weighted by Gasteiger charge is -2.40. The summed E-state index contributed by atoms with van der Waals surface area (Å²) >= 11 is 6.93. The van der Waals surface area contributed by atoms with Crippen LogP contribution in [-0.4, -0.2) is 73.5 Å². The lowest BCUT2D eigenvalue weighted by atomic mass is 9.97. The molecule has 218 valence electrons. The Kier molecular flexibility index (Phi) is 7.19. The Morgan fingerprint density at radius 2 is 1.90 bits per heavy atom. The molecule has 6 rings (SSSR count). The van der Waals surface area contributed by atoms with Gasteiger partial charge in [-0.15, -0.1) is 0 Å². The Labute approximate surface area is 244 Å². The number of amides is 1. The number of halogens is 1. The molecule has 2 aliphatic heterocycles. The minimum Gasteiger partial charge on any atom is -0.465 e. The van der Waals surface area contributed by atoms with Gasteiger partial charge in [0.1, 0.15) is 17.9 Å². The van der Waals surface area contributed by atoms with Gasteiger partial charge in [-0.3, -0.25) is 4.68 Å². The van der Waals surface area contributed by atoms with Crippen LogP contribution in [0.1, 0.15) is 31.4 Å². The van der Waals surface area contributed by atoms with Gasteiger partial charge in [0, 0.05) is 57.0 Å². The molecule has 2 bridgehead atoms. The zero-order valence-corrected chi connectivity index (χ0v) is 25.9. The summed E-state index contributed by atoms with van der Waals surface area (Å²) in [5.74, 6) is 0.836. The van der Waals surface area contributed by atoms with E-state index in [2.05, 4.69) is 35.0 Å². The summed E-state index contributed by atoms with van der Waals surface area (Å²) in [6.07, 6.45) is 4.47. The number of piperidine rings is 1. The first-order chi connectivity index (χ1) is 19.5. The molecule has 2 fully saturated rings. The summed E-state index contributed by atoms with van der Waals surface area (Å²) < 4.78 is 9.68. The highest BCUT2D eigenvalue weighted by molar-refractivity contribution is 6.76. The number of hydrogen-bond acceptors (Lipinski definition) is 7. The molecule has 0 spiro atoms. The SMILES string of the molecule is Cc1nc2c(-c3ccc4nn(C)cc4c3Cl)nn(COCC[Si](C)(C)C)c2nc1N1[C@@H]2CC[C@H]1CC(NC(=O)O)C2. The summed E-state index contributed by atoms with van der Waals surface area (Å²) in [6, 6.07) is 5.33. The predicted molar refractivity (Wildman–Crippen MR) is 162 cm³/mol. The van der Waals surface area contributed by atoms with E-state index >= 15 is 0 Å². The molecule has 0 aliphatic carbocycles.